The maximum Gasteiger partial charge on any atom is 0.298 e. The highest BCUT2D eigenvalue weighted by Gasteiger charge is 2.23. The van der Waals surface area contributed by atoms with Crippen LogP contribution in [-0.2, 0) is 0 Å². The third-order valence-corrected chi connectivity index (χ3v) is 2.77. The minimum Gasteiger partial charge on any atom is -0.314 e. The minimum atomic E-state index is -1.27. The van der Waals surface area contributed by atoms with E-state index in [1.807, 2.05) is 5.32 Å². The van der Waals surface area contributed by atoms with Gasteiger partial charge in [-0.2, -0.15) is 0 Å². The number of hydrogen-bond acceptors (Lipinski definition) is 4. The first-order valence-electron chi connectivity index (χ1n) is 5.45. The number of halogens is 3. The predicted molar refractivity (Wildman–Crippen MR) is 70.2 cm³/mol. The number of nitrogens with zero attached hydrogens (tertiary/aromatic N) is 2. The van der Waals surface area contributed by atoms with Gasteiger partial charge in [0.15, 0.2) is 11.5 Å². The van der Waals surface area contributed by atoms with Gasteiger partial charge in [0, 0.05) is 12.3 Å². The summed E-state index contributed by atoms with van der Waals surface area (Å²) < 4.78 is 26.6. The molecule has 0 spiro atoms. The first kappa shape index (κ1) is 14.8. The van der Waals surface area contributed by atoms with Gasteiger partial charge in [0.25, 0.3) is 11.6 Å². The van der Waals surface area contributed by atoms with Crippen LogP contribution in [0.15, 0.2) is 30.5 Å². The summed E-state index contributed by atoms with van der Waals surface area (Å²) in [5.41, 5.74) is -1.75. The van der Waals surface area contributed by atoms with Crippen molar-refractivity contribution in [2.45, 2.75) is 0 Å². The molecule has 1 aromatic carbocycles. The Labute approximate surface area is 121 Å². The van der Waals surface area contributed by atoms with Crippen LogP contribution in [0.5, 0.6) is 0 Å². The molecule has 2 aromatic rings. The van der Waals surface area contributed by atoms with E-state index in [1.54, 1.807) is 0 Å². The van der Waals surface area contributed by atoms with Crippen molar-refractivity contribution in [3.05, 3.63) is 62.9 Å². The van der Waals surface area contributed by atoms with Gasteiger partial charge in [-0.15, -0.1) is 0 Å². The number of nitrogens with one attached hydrogen (secondary N) is 1. The van der Waals surface area contributed by atoms with E-state index >= 15 is 0 Å². The lowest BCUT2D eigenvalue weighted by molar-refractivity contribution is -0.384. The van der Waals surface area contributed by atoms with Crippen molar-refractivity contribution < 1.29 is 18.5 Å². The van der Waals surface area contributed by atoms with Crippen molar-refractivity contribution in [1.29, 1.82) is 0 Å². The minimum absolute atomic E-state index is 0.0998. The van der Waals surface area contributed by atoms with E-state index in [2.05, 4.69) is 4.98 Å². The molecule has 0 saturated heterocycles. The molecule has 0 atom stereocenters. The molecule has 0 radical (unpaired) electrons. The summed E-state index contributed by atoms with van der Waals surface area (Å²) in [5, 5.41) is 12.6. The second-order valence-electron chi connectivity index (χ2n) is 3.83. The number of rotatable bonds is 3. The molecule has 0 fully saturated rings. The first-order valence-corrected chi connectivity index (χ1v) is 5.83. The fourth-order valence-electron chi connectivity index (χ4n) is 1.56. The zero-order valence-corrected chi connectivity index (χ0v) is 10.9. The van der Waals surface area contributed by atoms with Crippen LogP contribution >= 0.6 is 11.6 Å². The molecule has 1 aromatic heterocycles. The molecule has 21 heavy (non-hydrogen) atoms. The Morgan fingerprint density at radius 1 is 1.38 bits per heavy atom. The number of nitro groups is 1. The molecule has 0 aliphatic rings. The van der Waals surface area contributed by atoms with Gasteiger partial charge < -0.3 is 5.32 Å². The van der Waals surface area contributed by atoms with Crippen LogP contribution in [0.4, 0.5) is 20.2 Å². The molecule has 2 rings (SSSR count). The average Bonchev–Trinajstić information content (AvgIpc) is 2.41. The quantitative estimate of drug-likeness (QED) is 0.536. The van der Waals surface area contributed by atoms with Crippen LogP contribution < -0.4 is 5.32 Å². The van der Waals surface area contributed by atoms with E-state index in [4.69, 9.17) is 11.6 Å². The van der Waals surface area contributed by atoms with Gasteiger partial charge in [0.1, 0.15) is 11.0 Å². The van der Waals surface area contributed by atoms with Crippen molar-refractivity contribution >= 4 is 28.9 Å². The van der Waals surface area contributed by atoms with Crippen LogP contribution in [0, 0.1) is 21.7 Å². The molecule has 0 saturated carbocycles. The van der Waals surface area contributed by atoms with Crippen LogP contribution in [0.25, 0.3) is 0 Å². The lowest BCUT2D eigenvalue weighted by Gasteiger charge is -2.08. The zero-order valence-electron chi connectivity index (χ0n) is 10.1. The van der Waals surface area contributed by atoms with Crippen molar-refractivity contribution in [2.24, 2.45) is 0 Å². The summed E-state index contributed by atoms with van der Waals surface area (Å²) in [7, 11) is 0. The monoisotopic (exact) mass is 313 g/mol. The molecule has 0 aliphatic carbocycles. The maximum absolute atomic E-state index is 13.6. The van der Waals surface area contributed by atoms with E-state index in [0.717, 1.165) is 0 Å². The van der Waals surface area contributed by atoms with Crippen molar-refractivity contribution in [1.82, 2.24) is 4.98 Å². The molecule has 1 amide bonds. The Bertz CT molecular complexity index is 740. The fraction of sp³-hybridized carbons (Fsp3) is 0. The Balaban J connectivity index is 2.42. The highest BCUT2D eigenvalue weighted by Crippen LogP contribution is 2.29. The standard InChI is InChI=1S/C12H6ClF2N3O3/c13-11-7(2-1-3-16-11)12(19)17-10-8(15)4-6(14)5-9(10)18(20)21/h1-5H,(H,17,19). The normalized spacial score (nSPS) is 10.2. The summed E-state index contributed by atoms with van der Waals surface area (Å²) in [4.78, 5) is 25.4. The van der Waals surface area contributed by atoms with Crippen molar-refractivity contribution in [2.75, 3.05) is 5.32 Å². The molecular weight excluding hydrogens is 308 g/mol. The molecule has 0 aliphatic heterocycles. The first-order chi connectivity index (χ1) is 9.90. The van der Waals surface area contributed by atoms with Crippen LogP contribution in [0.1, 0.15) is 10.4 Å². The lowest BCUT2D eigenvalue weighted by Crippen LogP contribution is -2.15. The molecule has 0 unspecified atom stereocenters. The SMILES string of the molecule is O=C(Nc1c(F)cc(F)cc1[N+](=O)[O-])c1cccnc1Cl. The van der Waals surface area contributed by atoms with Crippen molar-refractivity contribution in [3.8, 4) is 0 Å². The lowest BCUT2D eigenvalue weighted by atomic mass is 10.2. The van der Waals surface area contributed by atoms with Crippen LogP contribution in [0.3, 0.4) is 0 Å². The van der Waals surface area contributed by atoms with E-state index < -0.39 is 33.8 Å². The summed E-state index contributed by atoms with van der Waals surface area (Å²) in [5.74, 6) is -3.30. The topological polar surface area (TPSA) is 85.1 Å². The van der Waals surface area contributed by atoms with E-state index in [-0.39, 0.29) is 10.7 Å². The number of aromatic nitrogens is 1. The largest absolute Gasteiger partial charge is 0.314 e. The maximum atomic E-state index is 13.6. The summed E-state index contributed by atoms with van der Waals surface area (Å²) in [6, 6.07) is 3.64. The van der Waals surface area contributed by atoms with Gasteiger partial charge >= 0.3 is 0 Å². The number of pyridine rings is 1. The third kappa shape index (κ3) is 3.11. The highest BCUT2D eigenvalue weighted by atomic mass is 35.5. The van der Waals surface area contributed by atoms with Crippen LogP contribution in [-0.4, -0.2) is 15.8 Å². The number of carbonyl (C=O) groups excluding carboxylic acids is 1. The number of amides is 1. The summed E-state index contributed by atoms with van der Waals surface area (Å²) in [6.07, 6.45) is 1.33. The van der Waals surface area contributed by atoms with Crippen LogP contribution in [0.2, 0.25) is 5.15 Å². The Morgan fingerprint density at radius 3 is 2.71 bits per heavy atom. The third-order valence-electron chi connectivity index (χ3n) is 2.47. The fourth-order valence-corrected chi connectivity index (χ4v) is 1.77. The van der Waals surface area contributed by atoms with Gasteiger partial charge in [0.05, 0.1) is 16.6 Å². The van der Waals surface area contributed by atoms with E-state index in [1.165, 1.54) is 18.3 Å². The number of hydrogen-bond donors (Lipinski definition) is 1. The molecule has 108 valence electrons. The molecular formula is C12H6ClF2N3O3. The number of anilines is 1. The van der Waals surface area contributed by atoms with Gasteiger partial charge in [-0.1, -0.05) is 11.6 Å². The second kappa shape index (κ2) is 5.80. The number of benzene rings is 1. The predicted octanol–water partition coefficient (Wildman–Crippen LogP) is 3.17. The van der Waals surface area contributed by atoms with Gasteiger partial charge in [0.2, 0.25) is 0 Å². The van der Waals surface area contributed by atoms with E-state index in [0.29, 0.717) is 12.1 Å². The van der Waals surface area contributed by atoms with Crippen molar-refractivity contribution in [3.63, 3.8) is 0 Å². The molecule has 1 heterocycles. The number of carbonyl (C=O) groups is 1. The van der Waals surface area contributed by atoms with E-state index in [9.17, 15) is 23.7 Å². The Kier molecular flexibility index (Phi) is 4.08. The Hall–Kier alpha value is -2.61. The van der Waals surface area contributed by atoms with Gasteiger partial charge in [-0.25, -0.2) is 13.8 Å². The summed E-state index contributed by atoms with van der Waals surface area (Å²) >= 11 is 5.69. The summed E-state index contributed by atoms with van der Waals surface area (Å²) in [6.45, 7) is 0. The van der Waals surface area contributed by atoms with Gasteiger partial charge in [-0.3, -0.25) is 14.9 Å². The number of nitro benzene ring substituents is 1. The van der Waals surface area contributed by atoms with Gasteiger partial charge in [-0.05, 0) is 12.1 Å². The highest BCUT2D eigenvalue weighted by molar-refractivity contribution is 6.33. The smallest absolute Gasteiger partial charge is 0.298 e. The molecule has 9 heteroatoms. The second-order valence-corrected chi connectivity index (χ2v) is 4.19. The Morgan fingerprint density at radius 2 is 2.10 bits per heavy atom. The molecule has 0 bridgehead atoms. The molecule has 1 N–H and O–H groups in total. The zero-order chi connectivity index (χ0) is 15.6. The molecule has 6 nitrogen and oxygen atoms in total. The average molecular weight is 314 g/mol.